The third-order valence-electron chi connectivity index (χ3n) is 6.45. The maximum Gasteiger partial charge on any atom is 0.227 e. The van der Waals surface area contributed by atoms with Crippen LogP contribution in [0.2, 0.25) is 0 Å². The van der Waals surface area contributed by atoms with Gasteiger partial charge in [-0.25, -0.2) is 0 Å². The van der Waals surface area contributed by atoms with Crippen LogP contribution in [0.5, 0.6) is 0 Å². The van der Waals surface area contributed by atoms with E-state index in [2.05, 4.69) is 26.1 Å². The minimum atomic E-state index is 0.0106. The van der Waals surface area contributed by atoms with Gasteiger partial charge in [0.15, 0.2) is 0 Å². The summed E-state index contributed by atoms with van der Waals surface area (Å²) in [6.45, 7) is 3.94. The summed E-state index contributed by atoms with van der Waals surface area (Å²) in [4.78, 5) is 11.4. The molecule has 2 fully saturated rings. The summed E-state index contributed by atoms with van der Waals surface area (Å²) >= 11 is 0. The molecular formula is C24H28N4O2. The first-order chi connectivity index (χ1) is 14.8. The van der Waals surface area contributed by atoms with Gasteiger partial charge in [-0.05, 0) is 43.2 Å². The molecule has 5 rings (SSSR count). The molecule has 0 N–H and O–H groups in total. The van der Waals surface area contributed by atoms with E-state index in [-0.39, 0.29) is 5.60 Å². The van der Waals surface area contributed by atoms with Gasteiger partial charge in [0.2, 0.25) is 11.7 Å². The van der Waals surface area contributed by atoms with Crippen molar-refractivity contribution in [2.75, 3.05) is 19.7 Å². The zero-order valence-corrected chi connectivity index (χ0v) is 17.2. The molecular weight excluding hydrogens is 376 g/mol. The maximum absolute atomic E-state index is 6.34. The molecule has 3 aromatic rings. The highest BCUT2D eigenvalue weighted by molar-refractivity contribution is 5.53. The second-order valence-corrected chi connectivity index (χ2v) is 8.61. The third-order valence-corrected chi connectivity index (χ3v) is 6.45. The lowest BCUT2D eigenvalue weighted by Gasteiger charge is -2.46. The number of nitrogens with zero attached hydrogens (tertiary/aromatic N) is 4. The van der Waals surface area contributed by atoms with Gasteiger partial charge in [0.05, 0.1) is 5.60 Å². The molecule has 1 atom stereocenters. The van der Waals surface area contributed by atoms with Crippen molar-refractivity contribution in [3.8, 4) is 11.4 Å². The van der Waals surface area contributed by atoms with Crippen molar-refractivity contribution in [3.05, 3.63) is 66.3 Å². The molecule has 0 radical (unpaired) electrons. The number of hydrogen-bond donors (Lipinski definition) is 0. The number of piperidine rings is 1. The molecule has 0 bridgehead atoms. The first kappa shape index (κ1) is 19.4. The van der Waals surface area contributed by atoms with Crippen LogP contribution in [0.1, 0.15) is 37.1 Å². The SMILES string of the molecule is c1ccc(-c2noc(CC3CCOC4(CCN(Cc5cccnc5)CC4)C3)n2)cc1. The van der Waals surface area contributed by atoms with Crippen LogP contribution in [0, 0.1) is 5.92 Å². The van der Waals surface area contributed by atoms with Gasteiger partial charge in [-0.1, -0.05) is 41.6 Å². The van der Waals surface area contributed by atoms with Crippen molar-refractivity contribution >= 4 is 0 Å². The van der Waals surface area contributed by atoms with Crippen LogP contribution in [-0.2, 0) is 17.7 Å². The van der Waals surface area contributed by atoms with Crippen molar-refractivity contribution in [1.29, 1.82) is 0 Å². The summed E-state index contributed by atoms with van der Waals surface area (Å²) in [6, 6.07) is 14.2. The zero-order chi connectivity index (χ0) is 20.2. The number of hydrogen-bond acceptors (Lipinski definition) is 6. The quantitative estimate of drug-likeness (QED) is 0.637. The lowest BCUT2D eigenvalue weighted by molar-refractivity contribution is -0.128. The minimum absolute atomic E-state index is 0.0106. The van der Waals surface area contributed by atoms with Crippen LogP contribution in [0.3, 0.4) is 0 Å². The smallest absolute Gasteiger partial charge is 0.227 e. The Kier molecular flexibility index (Phi) is 5.60. The third kappa shape index (κ3) is 4.45. The van der Waals surface area contributed by atoms with E-state index in [1.165, 1.54) is 5.56 Å². The molecule has 6 heteroatoms. The molecule has 2 aliphatic rings. The number of pyridine rings is 1. The van der Waals surface area contributed by atoms with Crippen molar-refractivity contribution < 1.29 is 9.26 Å². The van der Waals surface area contributed by atoms with Gasteiger partial charge in [0, 0.05) is 50.6 Å². The number of aromatic nitrogens is 3. The topological polar surface area (TPSA) is 64.3 Å². The Morgan fingerprint density at radius 1 is 1.07 bits per heavy atom. The van der Waals surface area contributed by atoms with E-state index in [1.54, 1.807) is 0 Å². The summed E-state index contributed by atoms with van der Waals surface area (Å²) in [6.07, 6.45) is 8.94. The van der Waals surface area contributed by atoms with Gasteiger partial charge < -0.3 is 9.26 Å². The zero-order valence-electron chi connectivity index (χ0n) is 17.2. The highest BCUT2D eigenvalue weighted by atomic mass is 16.5. The van der Waals surface area contributed by atoms with Gasteiger partial charge in [0.1, 0.15) is 0 Å². The monoisotopic (exact) mass is 404 g/mol. The summed E-state index contributed by atoms with van der Waals surface area (Å²) < 4.78 is 11.9. The minimum Gasteiger partial charge on any atom is -0.375 e. The Hall–Kier alpha value is -2.57. The van der Waals surface area contributed by atoms with E-state index in [4.69, 9.17) is 9.26 Å². The molecule has 0 amide bonds. The van der Waals surface area contributed by atoms with E-state index in [0.717, 1.165) is 69.8 Å². The average Bonchev–Trinajstić information content (AvgIpc) is 3.26. The molecule has 4 heterocycles. The van der Waals surface area contributed by atoms with Crippen molar-refractivity contribution in [1.82, 2.24) is 20.0 Å². The molecule has 6 nitrogen and oxygen atoms in total. The first-order valence-electron chi connectivity index (χ1n) is 10.9. The van der Waals surface area contributed by atoms with Crippen molar-refractivity contribution in [2.45, 2.75) is 44.2 Å². The molecule has 0 saturated carbocycles. The van der Waals surface area contributed by atoms with Gasteiger partial charge in [-0.15, -0.1) is 0 Å². The van der Waals surface area contributed by atoms with Crippen LogP contribution in [0.25, 0.3) is 11.4 Å². The molecule has 1 aromatic carbocycles. The summed E-state index contributed by atoms with van der Waals surface area (Å²) in [5.74, 6) is 1.95. The highest BCUT2D eigenvalue weighted by Gasteiger charge is 2.40. The molecule has 2 aliphatic heterocycles. The maximum atomic E-state index is 6.34. The Labute approximate surface area is 177 Å². The normalized spacial score (nSPS) is 21.7. The molecule has 2 aromatic heterocycles. The van der Waals surface area contributed by atoms with Gasteiger partial charge >= 0.3 is 0 Å². The number of rotatable bonds is 5. The number of benzene rings is 1. The Bertz CT molecular complexity index is 936. The summed E-state index contributed by atoms with van der Waals surface area (Å²) in [5, 5.41) is 4.18. The molecule has 0 aliphatic carbocycles. The predicted octanol–water partition coefficient (Wildman–Crippen LogP) is 4.14. The van der Waals surface area contributed by atoms with E-state index in [9.17, 15) is 0 Å². The summed E-state index contributed by atoms with van der Waals surface area (Å²) in [7, 11) is 0. The second-order valence-electron chi connectivity index (χ2n) is 8.61. The second kappa shape index (κ2) is 8.66. The van der Waals surface area contributed by atoms with Crippen LogP contribution in [0.15, 0.2) is 59.4 Å². The lowest BCUT2D eigenvalue weighted by Crippen LogP contribution is -2.49. The van der Waals surface area contributed by atoms with Crippen LogP contribution >= 0.6 is 0 Å². The fourth-order valence-corrected chi connectivity index (χ4v) is 4.81. The molecule has 30 heavy (non-hydrogen) atoms. The number of likely N-dealkylation sites (tertiary alicyclic amines) is 1. The first-order valence-corrected chi connectivity index (χ1v) is 10.9. The van der Waals surface area contributed by atoms with Gasteiger partial charge in [-0.3, -0.25) is 9.88 Å². The highest BCUT2D eigenvalue weighted by Crippen LogP contribution is 2.39. The Balaban J connectivity index is 1.17. The Morgan fingerprint density at radius 3 is 2.73 bits per heavy atom. The molecule has 2 saturated heterocycles. The van der Waals surface area contributed by atoms with Crippen LogP contribution < -0.4 is 0 Å². The average molecular weight is 405 g/mol. The van der Waals surface area contributed by atoms with Crippen LogP contribution in [0.4, 0.5) is 0 Å². The van der Waals surface area contributed by atoms with Crippen LogP contribution in [-0.4, -0.2) is 45.3 Å². The predicted molar refractivity (Wildman–Crippen MR) is 114 cm³/mol. The largest absolute Gasteiger partial charge is 0.375 e. The van der Waals surface area contributed by atoms with E-state index >= 15 is 0 Å². The Morgan fingerprint density at radius 2 is 1.93 bits per heavy atom. The lowest BCUT2D eigenvalue weighted by atomic mass is 9.78. The fraction of sp³-hybridized carbons (Fsp3) is 0.458. The number of ether oxygens (including phenoxy) is 1. The standard InChI is InChI=1S/C24H28N4O2/c1-2-6-21(7-3-1)23-26-22(30-27-23)15-19-8-14-29-24(16-19)9-12-28(13-10-24)18-20-5-4-11-25-17-20/h1-7,11,17,19H,8-10,12-16,18H2. The van der Waals surface area contributed by atoms with E-state index < -0.39 is 0 Å². The van der Waals surface area contributed by atoms with Gasteiger partial charge in [0.25, 0.3) is 0 Å². The summed E-state index contributed by atoms with van der Waals surface area (Å²) in [5.41, 5.74) is 2.29. The van der Waals surface area contributed by atoms with E-state index in [1.807, 2.05) is 48.8 Å². The van der Waals surface area contributed by atoms with Crippen molar-refractivity contribution in [2.24, 2.45) is 5.92 Å². The fourth-order valence-electron chi connectivity index (χ4n) is 4.81. The van der Waals surface area contributed by atoms with E-state index in [0.29, 0.717) is 11.7 Å². The molecule has 1 unspecified atom stereocenters. The van der Waals surface area contributed by atoms with Crippen molar-refractivity contribution in [3.63, 3.8) is 0 Å². The van der Waals surface area contributed by atoms with Gasteiger partial charge in [-0.2, -0.15) is 4.98 Å². The molecule has 156 valence electrons. The molecule has 1 spiro atoms.